The van der Waals surface area contributed by atoms with Gasteiger partial charge in [-0.25, -0.2) is 0 Å². The van der Waals surface area contributed by atoms with E-state index in [4.69, 9.17) is 22.8 Å². The van der Waals surface area contributed by atoms with Crippen molar-refractivity contribution in [2.75, 3.05) is 6.61 Å². The summed E-state index contributed by atoms with van der Waals surface area (Å²) in [4.78, 5) is 0. The minimum atomic E-state index is -0.863. The monoisotopic (exact) mass is 152 g/mol. The molecule has 0 aliphatic carbocycles. The largest absolute Gasteiger partial charge is 0.337 e. The van der Waals surface area contributed by atoms with E-state index in [1.54, 1.807) is 6.92 Å². The van der Waals surface area contributed by atoms with Gasteiger partial charge in [-0.05, 0) is 18.8 Å². The Morgan fingerprint density at radius 1 is 1.73 bits per heavy atom. The molecule has 0 spiro atoms. The molecule has 1 rings (SSSR count). The summed E-state index contributed by atoms with van der Waals surface area (Å²) in [5.41, 5.74) is 0. The summed E-state index contributed by atoms with van der Waals surface area (Å²) in [5, 5.41) is 0. The van der Waals surface area contributed by atoms with Crippen LogP contribution in [0.15, 0.2) is 0 Å². The van der Waals surface area contributed by atoms with Gasteiger partial charge in [-0.15, -0.1) is 6.42 Å². The summed E-state index contributed by atoms with van der Waals surface area (Å²) in [7, 11) is 0. The number of hydrogen-bond acceptors (Lipinski definition) is 2. The van der Waals surface area contributed by atoms with Crippen LogP contribution in [0.2, 0.25) is 0 Å². The molecule has 1 fully saturated rings. The van der Waals surface area contributed by atoms with E-state index in [1.807, 2.05) is 6.92 Å². The molecule has 2 heteroatoms. The molecule has 2 nitrogen and oxygen atoms in total. The summed E-state index contributed by atoms with van der Waals surface area (Å²) in [5.74, 6) is 1.53. The number of rotatable bonds is 1. The highest BCUT2D eigenvalue weighted by Gasteiger charge is 2.36. The molecule has 0 aromatic carbocycles. The molecule has 2 radical (unpaired) electrons. The van der Waals surface area contributed by atoms with Crippen molar-refractivity contribution >= 4 is 0 Å². The Hall–Kier alpha value is -0.520. The van der Waals surface area contributed by atoms with Crippen LogP contribution in [-0.4, -0.2) is 18.5 Å². The van der Waals surface area contributed by atoms with E-state index in [1.165, 1.54) is 0 Å². The van der Waals surface area contributed by atoms with E-state index in [-0.39, 0.29) is 12.0 Å². The average molecular weight is 152 g/mol. The second-order valence-electron chi connectivity index (χ2n) is 2.92. The Morgan fingerprint density at radius 2 is 2.36 bits per heavy atom. The van der Waals surface area contributed by atoms with E-state index in [9.17, 15) is 0 Å². The van der Waals surface area contributed by atoms with Crippen LogP contribution in [0.5, 0.6) is 0 Å². The summed E-state index contributed by atoms with van der Waals surface area (Å²) in [6.07, 6.45) is 5.12. The molecule has 0 saturated carbocycles. The molecule has 1 aliphatic heterocycles. The second-order valence-corrected chi connectivity index (χ2v) is 2.92. The zero-order valence-electron chi connectivity index (χ0n) is 6.83. The molecular formula is C9H12O2. The Balaban J connectivity index is 2.55. The molecule has 0 amide bonds. The quantitative estimate of drug-likeness (QED) is 0.524. The lowest BCUT2D eigenvalue weighted by atomic mass is 10.1. The molecule has 1 aliphatic rings. The Bertz CT molecular complexity index is 180. The number of terminal acetylenes is 1. The highest BCUT2D eigenvalue weighted by molar-refractivity contribution is 5.02. The zero-order valence-corrected chi connectivity index (χ0v) is 6.83. The standard InChI is InChI=1S/C9H12O2/c1-5-9(4)10-6-8(11-9)7(2)3/h1-2,7-8H,6H2,3-4H3. The van der Waals surface area contributed by atoms with Gasteiger partial charge in [-0.3, -0.25) is 0 Å². The summed E-state index contributed by atoms with van der Waals surface area (Å²) >= 11 is 0. The first kappa shape index (κ1) is 8.58. The maximum Gasteiger partial charge on any atom is 0.230 e. The Kier molecular flexibility index (Phi) is 2.22. The van der Waals surface area contributed by atoms with Gasteiger partial charge >= 0.3 is 0 Å². The van der Waals surface area contributed by atoms with Gasteiger partial charge in [0.2, 0.25) is 5.79 Å². The molecule has 1 saturated heterocycles. The molecule has 3 unspecified atom stereocenters. The summed E-state index contributed by atoms with van der Waals surface area (Å²) in [6, 6.07) is 0. The van der Waals surface area contributed by atoms with Gasteiger partial charge < -0.3 is 9.47 Å². The van der Waals surface area contributed by atoms with Crippen molar-refractivity contribution in [1.29, 1.82) is 0 Å². The first-order valence-electron chi connectivity index (χ1n) is 3.62. The molecule has 11 heavy (non-hydrogen) atoms. The van der Waals surface area contributed by atoms with E-state index < -0.39 is 5.79 Å². The smallest absolute Gasteiger partial charge is 0.230 e. The van der Waals surface area contributed by atoms with E-state index in [0.717, 1.165) is 0 Å². The van der Waals surface area contributed by atoms with Crippen LogP contribution in [0, 0.1) is 25.2 Å². The fraction of sp³-hybridized carbons (Fsp3) is 0.667. The molecular weight excluding hydrogens is 140 g/mol. The third-order valence-corrected chi connectivity index (χ3v) is 1.75. The first-order valence-corrected chi connectivity index (χ1v) is 3.62. The van der Waals surface area contributed by atoms with Gasteiger partial charge in [0.25, 0.3) is 0 Å². The van der Waals surface area contributed by atoms with Gasteiger partial charge in [0.05, 0.1) is 12.7 Å². The van der Waals surface area contributed by atoms with Crippen LogP contribution in [0.3, 0.4) is 0 Å². The molecule has 1 heterocycles. The predicted octanol–water partition coefficient (Wildman–Crippen LogP) is 1.10. The maximum atomic E-state index is 5.60. The van der Waals surface area contributed by atoms with Gasteiger partial charge in [-0.1, -0.05) is 6.92 Å². The fourth-order valence-corrected chi connectivity index (χ4v) is 0.933. The van der Waals surface area contributed by atoms with Crippen molar-refractivity contribution in [1.82, 2.24) is 0 Å². The maximum absolute atomic E-state index is 5.60. The van der Waals surface area contributed by atoms with Crippen LogP contribution < -0.4 is 0 Å². The molecule has 3 atom stereocenters. The molecule has 0 N–H and O–H groups in total. The Labute approximate surface area is 67.9 Å². The van der Waals surface area contributed by atoms with Gasteiger partial charge in [0, 0.05) is 6.92 Å². The third-order valence-electron chi connectivity index (χ3n) is 1.75. The van der Waals surface area contributed by atoms with E-state index >= 15 is 0 Å². The van der Waals surface area contributed by atoms with Crippen LogP contribution >= 0.6 is 0 Å². The molecule has 0 bridgehead atoms. The zero-order chi connectivity index (χ0) is 8.48. The van der Waals surface area contributed by atoms with E-state index in [2.05, 4.69) is 5.92 Å². The third kappa shape index (κ3) is 1.74. The van der Waals surface area contributed by atoms with Crippen molar-refractivity contribution in [2.24, 2.45) is 5.92 Å². The molecule has 0 aromatic rings. The molecule has 0 aromatic heterocycles. The van der Waals surface area contributed by atoms with Crippen LogP contribution in [0.1, 0.15) is 13.8 Å². The lowest BCUT2D eigenvalue weighted by Gasteiger charge is -2.17. The minimum absolute atomic E-state index is 0.0369. The lowest BCUT2D eigenvalue weighted by molar-refractivity contribution is -0.109. The minimum Gasteiger partial charge on any atom is -0.337 e. The Morgan fingerprint density at radius 3 is 2.64 bits per heavy atom. The van der Waals surface area contributed by atoms with Gasteiger partial charge in [-0.2, -0.15) is 0 Å². The van der Waals surface area contributed by atoms with Crippen LogP contribution in [0.25, 0.3) is 0 Å². The summed E-state index contributed by atoms with van der Waals surface area (Å²) < 4.78 is 10.6. The highest BCUT2D eigenvalue weighted by Crippen LogP contribution is 2.25. The lowest BCUT2D eigenvalue weighted by Crippen LogP contribution is -2.25. The van der Waals surface area contributed by atoms with E-state index in [0.29, 0.717) is 6.61 Å². The normalized spacial score (nSPS) is 37.5. The van der Waals surface area contributed by atoms with Gasteiger partial charge in [0.1, 0.15) is 0 Å². The van der Waals surface area contributed by atoms with Crippen molar-refractivity contribution < 1.29 is 9.47 Å². The van der Waals surface area contributed by atoms with Gasteiger partial charge in [0.15, 0.2) is 0 Å². The van der Waals surface area contributed by atoms with Crippen LogP contribution in [0.4, 0.5) is 0 Å². The average Bonchev–Trinajstić information content (AvgIpc) is 2.33. The number of ether oxygens (including phenoxy) is 2. The van der Waals surface area contributed by atoms with Crippen LogP contribution in [-0.2, 0) is 9.47 Å². The van der Waals surface area contributed by atoms with Crippen molar-refractivity contribution in [3.05, 3.63) is 6.92 Å². The SMILES string of the molecule is [CH]C(C)C1COC(C)(C#C)O1. The van der Waals surface area contributed by atoms with Crippen molar-refractivity contribution in [3.63, 3.8) is 0 Å². The second kappa shape index (κ2) is 2.84. The molecule has 60 valence electrons. The summed E-state index contributed by atoms with van der Waals surface area (Å²) in [6.45, 7) is 9.67. The van der Waals surface area contributed by atoms with Crippen molar-refractivity contribution in [2.45, 2.75) is 25.7 Å². The van der Waals surface area contributed by atoms with Crippen molar-refractivity contribution in [3.8, 4) is 12.3 Å². The fourth-order valence-electron chi connectivity index (χ4n) is 0.933. The number of hydrogen-bond donors (Lipinski definition) is 0. The highest BCUT2D eigenvalue weighted by atomic mass is 16.7. The predicted molar refractivity (Wildman–Crippen MR) is 41.5 cm³/mol. The first-order chi connectivity index (χ1) is 5.07. The topological polar surface area (TPSA) is 18.5 Å².